The molecule has 0 amide bonds. The third-order valence-electron chi connectivity index (χ3n) is 9.11. The summed E-state index contributed by atoms with van der Waals surface area (Å²) in [5, 5.41) is 134. The summed E-state index contributed by atoms with van der Waals surface area (Å²) in [7, 11) is 0. The molecule has 13 N–H and O–H groups in total. The van der Waals surface area contributed by atoms with Gasteiger partial charge in [-0.05, 0) is 6.92 Å². The molecule has 5 aliphatic rings. The van der Waals surface area contributed by atoms with Crippen molar-refractivity contribution in [3.63, 3.8) is 0 Å². The van der Waals surface area contributed by atoms with E-state index in [1.54, 1.807) is 0 Å². The Balaban J connectivity index is 1.26. The van der Waals surface area contributed by atoms with Gasteiger partial charge < -0.3 is 109 Å². The molecule has 0 aliphatic carbocycles. The number of hydrogen-bond acceptors (Lipinski definition) is 22. The van der Waals surface area contributed by atoms with E-state index in [0.717, 1.165) is 0 Å². The zero-order valence-electron chi connectivity index (χ0n) is 26.2. The zero-order valence-corrected chi connectivity index (χ0v) is 26.2. The summed E-state index contributed by atoms with van der Waals surface area (Å²) in [6.45, 7) is -0.137. The Hall–Kier alpha value is -1.37. The summed E-state index contributed by atoms with van der Waals surface area (Å²) in [6, 6.07) is 0. The van der Waals surface area contributed by atoms with Gasteiger partial charge in [-0.3, -0.25) is 0 Å². The smallest absolute Gasteiger partial charge is 0.335 e. The van der Waals surface area contributed by atoms with E-state index < -0.39 is 161 Å². The predicted octanol–water partition coefficient (Wildman–Crippen LogP) is -8.89. The van der Waals surface area contributed by atoms with Gasteiger partial charge in [0.05, 0.1) is 25.9 Å². The standard InChI is InChI=1S/C27H44O23/c1-5-9(29)19(48-25-17(37)12(32)8(4-44-25)46-24-16(36)10(30)6(28)2-43-24)18(38)26(45-5)50-21-14(34)13(33)20(22(39)40)49-27(21)47-7-3-42-23(41)15(35)11(7)31/h5-21,23-38,41H,2-4H2,1H3,(H,39,40)/t5-,6+,7+,8+,9-,10-,11-,12-,13+,14-,15+,16+,17+,18+,19+,20-,21+,23?,24-,25-,26-,27-/m0/s1. The molecular weight excluding hydrogens is 692 g/mol. The Labute approximate surface area is 282 Å². The molecule has 5 heterocycles. The van der Waals surface area contributed by atoms with E-state index in [2.05, 4.69) is 0 Å². The second-order valence-corrected chi connectivity index (χ2v) is 12.6. The predicted molar refractivity (Wildman–Crippen MR) is 148 cm³/mol. The molecule has 0 bridgehead atoms. The zero-order chi connectivity index (χ0) is 36.8. The lowest BCUT2D eigenvalue weighted by Gasteiger charge is -2.48. The highest BCUT2D eigenvalue weighted by Gasteiger charge is 2.55. The highest BCUT2D eigenvalue weighted by Crippen LogP contribution is 2.34. The molecule has 0 aromatic heterocycles. The van der Waals surface area contributed by atoms with Gasteiger partial charge in [0.25, 0.3) is 0 Å². The van der Waals surface area contributed by atoms with Gasteiger partial charge in [0.15, 0.2) is 37.6 Å². The van der Waals surface area contributed by atoms with Crippen molar-refractivity contribution in [1.29, 1.82) is 0 Å². The maximum atomic E-state index is 11.7. The van der Waals surface area contributed by atoms with Crippen LogP contribution in [0.25, 0.3) is 0 Å². The lowest BCUT2D eigenvalue weighted by atomic mass is 9.96. The average molecular weight is 737 g/mol. The summed E-state index contributed by atoms with van der Waals surface area (Å²) in [4.78, 5) is 11.7. The molecule has 0 saturated carbocycles. The number of aliphatic hydroxyl groups is 12. The molecule has 5 fully saturated rings. The third-order valence-corrected chi connectivity index (χ3v) is 9.11. The number of carbonyl (C=O) groups is 1. The highest BCUT2D eigenvalue weighted by molar-refractivity contribution is 5.73. The van der Waals surface area contributed by atoms with Crippen molar-refractivity contribution >= 4 is 5.97 Å². The van der Waals surface area contributed by atoms with Gasteiger partial charge in [-0.2, -0.15) is 0 Å². The molecule has 5 rings (SSSR count). The van der Waals surface area contributed by atoms with E-state index in [1.807, 2.05) is 0 Å². The van der Waals surface area contributed by atoms with E-state index in [1.165, 1.54) is 6.92 Å². The Morgan fingerprint density at radius 1 is 0.500 bits per heavy atom. The first-order chi connectivity index (χ1) is 23.5. The SMILES string of the molecule is C[C@@H]1O[C@@H](O[C@H]2[C@@H](O[C@@H]3COC(O)[C@H](O)[C@H]3O)O[C@H](C(=O)O)[C@H](O)[C@@H]2O)[C@H](O)[C@H](O[C@@H]2OC[C@@H](O[C@@H]3OC[C@@H](O)[C@H](O)[C@H]3O)[C@H](O)[C@H]2O)[C@H]1O. The van der Waals surface area contributed by atoms with Crippen molar-refractivity contribution in [2.75, 3.05) is 19.8 Å². The monoisotopic (exact) mass is 736 g/mol. The van der Waals surface area contributed by atoms with Crippen molar-refractivity contribution in [2.45, 2.75) is 142 Å². The summed E-state index contributed by atoms with van der Waals surface area (Å²) in [5.74, 6) is -1.72. The Bertz CT molecular complexity index is 1120. The summed E-state index contributed by atoms with van der Waals surface area (Å²) < 4.78 is 48.7. The molecule has 23 heteroatoms. The van der Waals surface area contributed by atoms with Gasteiger partial charge in [-0.15, -0.1) is 0 Å². The third kappa shape index (κ3) is 8.08. The molecule has 1 unspecified atom stereocenters. The number of aliphatic carboxylic acids is 1. The van der Waals surface area contributed by atoms with Crippen molar-refractivity contribution in [3.05, 3.63) is 0 Å². The van der Waals surface area contributed by atoms with Crippen molar-refractivity contribution in [2.24, 2.45) is 0 Å². The number of carboxylic acid groups (broad SMARTS) is 1. The molecule has 50 heavy (non-hydrogen) atoms. The molecule has 22 atom stereocenters. The van der Waals surface area contributed by atoms with Gasteiger partial charge in [0.1, 0.15) is 91.6 Å². The van der Waals surface area contributed by atoms with Crippen LogP contribution in [0.2, 0.25) is 0 Å². The van der Waals surface area contributed by atoms with Crippen LogP contribution >= 0.6 is 0 Å². The first kappa shape index (κ1) is 39.8. The Kier molecular flexibility index (Phi) is 13.0. The van der Waals surface area contributed by atoms with Crippen molar-refractivity contribution in [3.8, 4) is 0 Å². The minimum Gasteiger partial charge on any atom is -0.479 e. The largest absolute Gasteiger partial charge is 0.479 e. The van der Waals surface area contributed by atoms with Crippen molar-refractivity contribution in [1.82, 2.24) is 0 Å². The van der Waals surface area contributed by atoms with Crippen LogP contribution in [0.1, 0.15) is 6.92 Å². The maximum Gasteiger partial charge on any atom is 0.335 e. The topological polar surface area (TPSA) is 363 Å². The second-order valence-electron chi connectivity index (χ2n) is 12.6. The average Bonchev–Trinajstić information content (AvgIpc) is 3.07. The first-order valence-corrected chi connectivity index (χ1v) is 15.7. The summed E-state index contributed by atoms with van der Waals surface area (Å²) >= 11 is 0. The molecule has 0 spiro atoms. The molecule has 5 saturated heterocycles. The maximum absolute atomic E-state index is 11.7. The Morgan fingerprint density at radius 3 is 1.70 bits per heavy atom. The number of ether oxygens (including phenoxy) is 9. The molecule has 0 radical (unpaired) electrons. The highest BCUT2D eigenvalue weighted by atomic mass is 16.8. The van der Waals surface area contributed by atoms with E-state index in [0.29, 0.717) is 0 Å². The van der Waals surface area contributed by atoms with Crippen LogP contribution in [0.4, 0.5) is 0 Å². The molecule has 0 aromatic rings. The fourth-order valence-corrected chi connectivity index (χ4v) is 6.03. The van der Waals surface area contributed by atoms with E-state index >= 15 is 0 Å². The molecule has 290 valence electrons. The van der Waals surface area contributed by atoms with Gasteiger partial charge in [0, 0.05) is 0 Å². The Morgan fingerprint density at radius 2 is 1.04 bits per heavy atom. The van der Waals surface area contributed by atoms with Gasteiger partial charge in [-0.1, -0.05) is 0 Å². The van der Waals surface area contributed by atoms with Gasteiger partial charge in [-0.25, -0.2) is 4.79 Å². The van der Waals surface area contributed by atoms with E-state index in [-0.39, 0.29) is 0 Å². The van der Waals surface area contributed by atoms with E-state index in [9.17, 15) is 71.2 Å². The minimum atomic E-state index is -2.14. The number of hydrogen-bond donors (Lipinski definition) is 13. The van der Waals surface area contributed by atoms with Crippen LogP contribution in [-0.4, -0.2) is 227 Å². The summed E-state index contributed by atoms with van der Waals surface area (Å²) in [6.07, 6.45) is -38.6. The first-order valence-electron chi connectivity index (χ1n) is 15.7. The van der Waals surface area contributed by atoms with Gasteiger partial charge >= 0.3 is 5.97 Å². The van der Waals surface area contributed by atoms with Crippen LogP contribution in [0.15, 0.2) is 0 Å². The van der Waals surface area contributed by atoms with Gasteiger partial charge in [0.2, 0.25) is 0 Å². The van der Waals surface area contributed by atoms with Crippen LogP contribution in [0.3, 0.4) is 0 Å². The minimum absolute atomic E-state index is 0.401. The second kappa shape index (κ2) is 16.3. The fourth-order valence-electron chi connectivity index (χ4n) is 6.03. The van der Waals surface area contributed by atoms with Crippen molar-refractivity contribution < 1.29 is 114 Å². The quantitative estimate of drug-likeness (QED) is 0.104. The molecular formula is C27H44O23. The summed E-state index contributed by atoms with van der Waals surface area (Å²) in [5.41, 5.74) is 0. The number of carboxylic acids is 1. The van der Waals surface area contributed by atoms with Crippen LogP contribution in [-0.2, 0) is 47.4 Å². The van der Waals surface area contributed by atoms with E-state index in [4.69, 9.17) is 42.6 Å². The lowest BCUT2D eigenvalue weighted by molar-refractivity contribution is -0.387. The van der Waals surface area contributed by atoms with Crippen LogP contribution in [0, 0.1) is 0 Å². The molecule has 5 aliphatic heterocycles. The normalized spacial score (nSPS) is 53.5. The fraction of sp³-hybridized carbons (Fsp3) is 0.963. The lowest BCUT2D eigenvalue weighted by Crippen LogP contribution is -2.67. The molecule has 23 nitrogen and oxygen atoms in total. The number of rotatable bonds is 9. The number of aliphatic hydroxyl groups excluding tert-OH is 12. The van der Waals surface area contributed by atoms with Crippen LogP contribution < -0.4 is 0 Å². The molecule has 0 aromatic carbocycles. The van der Waals surface area contributed by atoms with Crippen LogP contribution in [0.5, 0.6) is 0 Å².